The predicted octanol–water partition coefficient (Wildman–Crippen LogP) is 2.36. The molecule has 1 N–H and O–H groups in total. The summed E-state index contributed by atoms with van der Waals surface area (Å²) in [5.41, 5.74) is 0.759. The van der Waals surface area contributed by atoms with Crippen LogP contribution >= 0.6 is 0 Å². The van der Waals surface area contributed by atoms with Gasteiger partial charge in [-0.25, -0.2) is 0 Å². The molecule has 0 aromatic heterocycles. The lowest BCUT2D eigenvalue weighted by Gasteiger charge is -2.35. The highest BCUT2D eigenvalue weighted by atomic mass is 16.5. The highest BCUT2D eigenvalue weighted by Crippen LogP contribution is 2.23. The van der Waals surface area contributed by atoms with Crippen LogP contribution in [0.5, 0.6) is 5.75 Å². The lowest BCUT2D eigenvalue weighted by molar-refractivity contribution is -0.141. The molecular formula is C24H34N4O4. The maximum atomic E-state index is 12.7. The molecule has 1 unspecified atom stereocenters. The number of Topliss-reactive ketones (excluding diaryl/α,β-unsaturated/α-hetero) is 1. The van der Waals surface area contributed by atoms with Crippen molar-refractivity contribution in [3.8, 4) is 5.75 Å². The second-order valence-electron chi connectivity index (χ2n) is 8.75. The van der Waals surface area contributed by atoms with Gasteiger partial charge in [-0.15, -0.1) is 0 Å². The number of hydrogen-bond donors (Lipinski definition) is 1. The largest absolute Gasteiger partial charge is 0.494 e. The zero-order valence-corrected chi connectivity index (χ0v) is 19.3. The molecule has 8 heteroatoms. The van der Waals surface area contributed by atoms with Crippen LogP contribution in [0.15, 0.2) is 24.3 Å². The number of rotatable bonds is 9. The Hall–Kier alpha value is -2.74. The third kappa shape index (κ3) is 5.73. The first-order valence-corrected chi connectivity index (χ1v) is 11.4. The molecule has 1 aromatic rings. The third-order valence-electron chi connectivity index (χ3n) is 6.32. The minimum absolute atomic E-state index is 0.00269. The first-order chi connectivity index (χ1) is 15.3. The topological polar surface area (TPSA) is 94.0 Å². The Morgan fingerprint density at radius 1 is 1.16 bits per heavy atom. The number of hydrogen-bond acceptors (Lipinski definition) is 6. The zero-order valence-electron chi connectivity index (χ0n) is 19.3. The molecular weight excluding hydrogens is 408 g/mol. The fraction of sp³-hybridized carbons (Fsp3) is 0.583. The average molecular weight is 443 g/mol. The number of benzene rings is 1. The number of likely N-dealkylation sites (tertiary alicyclic amines) is 1. The van der Waals surface area contributed by atoms with Crippen LogP contribution in [0.1, 0.15) is 40.0 Å². The zero-order chi connectivity index (χ0) is 23.3. The van der Waals surface area contributed by atoms with Crippen LogP contribution in [0.4, 0.5) is 5.69 Å². The first-order valence-electron chi connectivity index (χ1n) is 11.4. The first kappa shape index (κ1) is 23.9. The molecule has 0 bridgehead atoms. The summed E-state index contributed by atoms with van der Waals surface area (Å²) in [6, 6.07) is 8.11. The van der Waals surface area contributed by atoms with Crippen molar-refractivity contribution in [3.05, 3.63) is 24.3 Å². The monoisotopic (exact) mass is 442 g/mol. The van der Waals surface area contributed by atoms with Gasteiger partial charge in [0.05, 0.1) is 6.61 Å². The van der Waals surface area contributed by atoms with E-state index >= 15 is 0 Å². The van der Waals surface area contributed by atoms with Crippen LogP contribution in [0, 0.1) is 11.3 Å². The van der Waals surface area contributed by atoms with Crippen molar-refractivity contribution in [3.63, 3.8) is 0 Å². The van der Waals surface area contributed by atoms with Gasteiger partial charge >= 0.3 is 0 Å². The summed E-state index contributed by atoms with van der Waals surface area (Å²) in [5.74, 6) is -1.37. The Bertz CT molecular complexity index is 840. The third-order valence-corrected chi connectivity index (χ3v) is 6.32. The highest BCUT2D eigenvalue weighted by Gasteiger charge is 2.34. The summed E-state index contributed by atoms with van der Waals surface area (Å²) < 4.78 is 5.85. The summed E-state index contributed by atoms with van der Waals surface area (Å²) in [7, 11) is 0. The molecule has 2 fully saturated rings. The van der Waals surface area contributed by atoms with E-state index in [-0.39, 0.29) is 23.9 Å². The van der Waals surface area contributed by atoms with Crippen molar-refractivity contribution in [1.82, 2.24) is 9.80 Å². The summed E-state index contributed by atoms with van der Waals surface area (Å²) in [4.78, 5) is 42.6. The number of nitrogens with zero attached hydrogens (tertiary/aromatic N) is 3. The van der Waals surface area contributed by atoms with E-state index in [0.29, 0.717) is 25.7 Å². The van der Waals surface area contributed by atoms with E-state index in [4.69, 9.17) is 10.1 Å². The van der Waals surface area contributed by atoms with Crippen molar-refractivity contribution in [1.29, 1.82) is 5.41 Å². The lowest BCUT2D eigenvalue weighted by atomic mass is 9.98. The van der Waals surface area contributed by atoms with Crippen LogP contribution < -0.4 is 9.64 Å². The van der Waals surface area contributed by atoms with Crippen molar-refractivity contribution in [2.45, 2.75) is 46.1 Å². The summed E-state index contributed by atoms with van der Waals surface area (Å²) in [5, 5.41) is 7.71. The van der Waals surface area contributed by atoms with Crippen LogP contribution in [-0.4, -0.2) is 78.5 Å². The van der Waals surface area contributed by atoms with Gasteiger partial charge in [0, 0.05) is 37.1 Å². The molecule has 32 heavy (non-hydrogen) atoms. The Labute approximate surface area is 190 Å². The number of ketones is 1. The quantitative estimate of drug-likeness (QED) is 0.360. The van der Waals surface area contributed by atoms with Gasteiger partial charge in [0.1, 0.15) is 24.0 Å². The number of anilines is 1. The Balaban J connectivity index is 1.49. The van der Waals surface area contributed by atoms with Gasteiger partial charge in [-0.05, 0) is 70.8 Å². The van der Waals surface area contributed by atoms with Crippen molar-refractivity contribution < 1.29 is 19.1 Å². The van der Waals surface area contributed by atoms with E-state index in [1.54, 1.807) is 4.90 Å². The van der Waals surface area contributed by atoms with Crippen molar-refractivity contribution in [2.75, 3.05) is 44.2 Å². The van der Waals surface area contributed by atoms with Crippen LogP contribution in [0.2, 0.25) is 0 Å². The van der Waals surface area contributed by atoms with E-state index in [1.165, 1.54) is 38.1 Å². The Morgan fingerprint density at radius 2 is 1.88 bits per heavy atom. The second kappa shape index (κ2) is 10.7. The number of amides is 2. The van der Waals surface area contributed by atoms with Crippen molar-refractivity contribution in [2.24, 2.45) is 5.92 Å². The Morgan fingerprint density at radius 3 is 2.44 bits per heavy atom. The molecule has 2 heterocycles. The van der Waals surface area contributed by atoms with Gasteiger partial charge in [0.15, 0.2) is 0 Å². The number of piperazine rings is 1. The molecule has 8 nitrogen and oxygen atoms in total. The summed E-state index contributed by atoms with van der Waals surface area (Å²) in [6.45, 7) is 8.50. The van der Waals surface area contributed by atoms with Gasteiger partial charge in [0.25, 0.3) is 0 Å². The summed E-state index contributed by atoms with van der Waals surface area (Å²) >= 11 is 0. The minimum atomic E-state index is -1.10. The second-order valence-corrected chi connectivity index (χ2v) is 8.75. The normalized spacial score (nSPS) is 20.3. The number of nitrogens with one attached hydrogen (secondary N) is 1. The molecule has 2 amide bonds. The highest BCUT2D eigenvalue weighted by molar-refractivity contribution is 6.18. The SMILES string of the molecule is CC(=N)C(C(C)=O)C(=O)N1CCN(c2ccc(OCCCN3CCC[C@H]3C)cc2)C(=O)C1. The smallest absolute Gasteiger partial charge is 0.246 e. The molecule has 3 rings (SSSR count). The fourth-order valence-corrected chi connectivity index (χ4v) is 4.49. The maximum absolute atomic E-state index is 12.7. The molecule has 2 aliphatic rings. The van der Waals surface area contributed by atoms with Gasteiger partial charge in [-0.1, -0.05) is 0 Å². The minimum Gasteiger partial charge on any atom is -0.494 e. The van der Waals surface area contributed by atoms with E-state index in [1.807, 2.05) is 24.3 Å². The standard InChI is InChI=1S/C24H34N4O4/c1-17-6-4-11-26(17)12-5-15-32-21-9-7-20(8-10-21)28-14-13-27(16-22(28)30)24(31)23(18(2)25)19(3)29/h7-10,17,23,25H,4-6,11-16H2,1-3H3/t17-,23?/m1/s1. The van der Waals surface area contributed by atoms with Gasteiger partial charge in [0.2, 0.25) is 11.8 Å². The number of ether oxygens (including phenoxy) is 1. The predicted molar refractivity (Wildman–Crippen MR) is 123 cm³/mol. The molecule has 174 valence electrons. The Kier molecular flexibility index (Phi) is 8.01. The number of carbonyl (C=O) groups excluding carboxylic acids is 3. The van der Waals surface area contributed by atoms with Gasteiger partial charge < -0.3 is 24.8 Å². The van der Waals surface area contributed by atoms with E-state index < -0.39 is 11.8 Å². The van der Waals surface area contributed by atoms with E-state index in [2.05, 4.69) is 11.8 Å². The number of carbonyl (C=O) groups is 3. The molecule has 2 atom stereocenters. The molecule has 0 saturated carbocycles. The van der Waals surface area contributed by atoms with E-state index in [0.717, 1.165) is 24.4 Å². The van der Waals surface area contributed by atoms with Gasteiger partial charge in [-0.3, -0.25) is 14.4 Å². The fourth-order valence-electron chi connectivity index (χ4n) is 4.49. The van der Waals surface area contributed by atoms with Crippen molar-refractivity contribution >= 4 is 29.0 Å². The maximum Gasteiger partial charge on any atom is 0.246 e. The molecule has 2 saturated heterocycles. The lowest BCUT2D eigenvalue weighted by Crippen LogP contribution is -2.55. The van der Waals surface area contributed by atoms with E-state index in [9.17, 15) is 14.4 Å². The molecule has 2 aliphatic heterocycles. The molecule has 0 aliphatic carbocycles. The molecule has 1 aromatic carbocycles. The van der Waals surface area contributed by atoms with Gasteiger partial charge in [-0.2, -0.15) is 0 Å². The average Bonchev–Trinajstić information content (AvgIpc) is 3.16. The van der Waals surface area contributed by atoms with Crippen LogP contribution in [0.25, 0.3) is 0 Å². The van der Waals surface area contributed by atoms with Crippen LogP contribution in [0.3, 0.4) is 0 Å². The molecule has 0 radical (unpaired) electrons. The molecule has 0 spiro atoms. The van der Waals surface area contributed by atoms with Crippen LogP contribution in [-0.2, 0) is 14.4 Å². The summed E-state index contributed by atoms with van der Waals surface area (Å²) in [6.07, 6.45) is 3.55.